The predicted octanol–water partition coefficient (Wildman–Crippen LogP) is 2.55. The SMILES string of the molecule is Cc1nc([C@H]2CCCN2C(=O)c2ccc(=O)n(C)c2)nc2c1CC(=O)N2Cc1ccccc1. The lowest BCUT2D eigenvalue weighted by Gasteiger charge is -2.25. The maximum atomic E-state index is 13.3. The van der Waals surface area contributed by atoms with E-state index in [4.69, 9.17) is 9.97 Å². The normalized spacial score (nSPS) is 17.5. The van der Waals surface area contributed by atoms with E-state index >= 15 is 0 Å². The maximum Gasteiger partial charge on any atom is 0.255 e. The number of aromatic nitrogens is 3. The summed E-state index contributed by atoms with van der Waals surface area (Å²) in [7, 11) is 1.63. The van der Waals surface area contributed by atoms with E-state index in [1.807, 2.05) is 37.3 Å². The summed E-state index contributed by atoms with van der Waals surface area (Å²) in [6.45, 7) is 2.95. The van der Waals surface area contributed by atoms with Gasteiger partial charge in [-0.2, -0.15) is 0 Å². The van der Waals surface area contributed by atoms with Crippen LogP contribution in [-0.4, -0.2) is 37.8 Å². The zero-order valence-electron chi connectivity index (χ0n) is 18.7. The molecule has 1 saturated heterocycles. The molecule has 1 atom stereocenters. The summed E-state index contributed by atoms with van der Waals surface area (Å²) in [4.78, 5) is 50.8. The maximum absolute atomic E-state index is 13.3. The molecule has 0 aliphatic carbocycles. The van der Waals surface area contributed by atoms with Gasteiger partial charge in [0.2, 0.25) is 11.5 Å². The van der Waals surface area contributed by atoms with E-state index in [0.29, 0.717) is 36.7 Å². The van der Waals surface area contributed by atoms with E-state index < -0.39 is 0 Å². The number of benzene rings is 1. The number of amides is 2. The monoisotopic (exact) mass is 443 g/mol. The number of nitrogens with zero attached hydrogens (tertiary/aromatic N) is 5. The van der Waals surface area contributed by atoms with Crippen LogP contribution in [0.25, 0.3) is 0 Å². The van der Waals surface area contributed by atoms with Crippen LogP contribution < -0.4 is 10.5 Å². The molecule has 0 spiro atoms. The minimum Gasteiger partial charge on any atom is -0.328 e. The van der Waals surface area contributed by atoms with E-state index in [-0.39, 0.29) is 23.4 Å². The third-order valence-corrected chi connectivity index (χ3v) is 6.42. The number of hydrogen-bond donors (Lipinski definition) is 0. The number of pyridine rings is 1. The molecular formula is C25H25N5O3. The molecule has 1 fully saturated rings. The number of rotatable bonds is 4. The Labute approximate surface area is 191 Å². The van der Waals surface area contributed by atoms with Crippen LogP contribution in [-0.2, 0) is 24.8 Å². The van der Waals surface area contributed by atoms with Crippen LogP contribution in [0.3, 0.4) is 0 Å². The second-order valence-electron chi connectivity index (χ2n) is 8.64. The average molecular weight is 444 g/mol. The van der Waals surface area contributed by atoms with Crippen molar-refractivity contribution in [3.63, 3.8) is 0 Å². The van der Waals surface area contributed by atoms with Gasteiger partial charge in [0.1, 0.15) is 5.82 Å². The Hall–Kier alpha value is -3.81. The number of anilines is 1. The van der Waals surface area contributed by atoms with Crippen molar-refractivity contribution in [2.75, 3.05) is 11.4 Å². The summed E-state index contributed by atoms with van der Waals surface area (Å²) in [5, 5.41) is 0. The Morgan fingerprint density at radius 2 is 1.88 bits per heavy atom. The average Bonchev–Trinajstić information content (AvgIpc) is 3.42. The fourth-order valence-corrected chi connectivity index (χ4v) is 4.64. The summed E-state index contributed by atoms with van der Waals surface area (Å²) < 4.78 is 1.40. The molecule has 2 aliphatic heterocycles. The van der Waals surface area contributed by atoms with Crippen molar-refractivity contribution >= 4 is 17.6 Å². The van der Waals surface area contributed by atoms with Gasteiger partial charge in [0.05, 0.1) is 24.6 Å². The smallest absolute Gasteiger partial charge is 0.255 e. The van der Waals surface area contributed by atoms with Crippen LogP contribution in [0.1, 0.15) is 51.9 Å². The van der Waals surface area contributed by atoms with E-state index in [1.165, 1.54) is 10.6 Å². The number of carbonyl (C=O) groups excluding carboxylic acids is 2. The van der Waals surface area contributed by atoms with Gasteiger partial charge in [-0.05, 0) is 31.4 Å². The first-order chi connectivity index (χ1) is 15.9. The number of hydrogen-bond acceptors (Lipinski definition) is 5. The van der Waals surface area contributed by atoms with Crippen LogP contribution in [0.5, 0.6) is 0 Å². The summed E-state index contributed by atoms with van der Waals surface area (Å²) in [5.74, 6) is 1.07. The van der Waals surface area contributed by atoms with Crippen molar-refractivity contribution in [3.05, 3.63) is 87.2 Å². The molecule has 2 aromatic heterocycles. The van der Waals surface area contributed by atoms with Gasteiger partial charge >= 0.3 is 0 Å². The van der Waals surface area contributed by atoms with Crippen molar-refractivity contribution < 1.29 is 9.59 Å². The molecule has 168 valence electrons. The van der Waals surface area contributed by atoms with E-state index in [9.17, 15) is 14.4 Å². The number of likely N-dealkylation sites (tertiary alicyclic amines) is 1. The molecule has 0 N–H and O–H groups in total. The van der Waals surface area contributed by atoms with Crippen molar-refractivity contribution in [2.45, 2.75) is 38.8 Å². The minimum absolute atomic E-state index is 0.00737. The first-order valence-electron chi connectivity index (χ1n) is 11.1. The zero-order chi connectivity index (χ0) is 23.1. The first kappa shape index (κ1) is 21.1. The van der Waals surface area contributed by atoms with Gasteiger partial charge in [0.25, 0.3) is 5.91 Å². The molecule has 2 amide bonds. The van der Waals surface area contributed by atoms with Crippen LogP contribution in [0.4, 0.5) is 5.82 Å². The van der Waals surface area contributed by atoms with Gasteiger partial charge in [-0.15, -0.1) is 0 Å². The quantitative estimate of drug-likeness (QED) is 0.618. The Morgan fingerprint density at radius 1 is 1.09 bits per heavy atom. The molecule has 0 saturated carbocycles. The summed E-state index contributed by atoms with van der Waals surface area (Å²) >= 11 is 0. The van der Waals surface area contributed by atoms with Gasteiger partial charge in [-0.1, -0.05) is 30.3 Å². The van der Waals surface area contributed by atoms with Crippen LogP contribution in [0, 0.1) is 6.92 Å². The Kier molecular flexibility index (Phi) is 5.28. The number of fused-ring (bicyclic) bond motifs is 1. The lowest BCUT2D eigenvalue weighted by Crippen LogP contribution is -2.33. The predicted molar refractivity (Wildman–Crippen MR) is 123 cm³/mol. The molecule has 33 heavy (non-hydrogen) atoms. The highest BCUT2D eigenvalue weighted by atomic mass is 16.2. The molecule has 0 unspecified atom stereocenters. The van der Waals surface area contributed by atoms with E-state index in [2.05, 4.69) is 0 Å². The minimum atomic E-state index is -0.270. The van der Waals surface area contributed by atoms with Gasteiger partial charge in [0, 0.05) is 37.1 Å². The summed E-state index contributed by atoms with van der Waals surface area (Å²) in [6, 6.07) is 12.5. The van der Waals surface area contributed by atoms with Crippen molar-refractivity contribution in [2.24, 2.45) is 7.05 Å². The van der Waals surface area contributed by atoms with Crippen molar-refractivity contribution in [1.82, 2.24) is 19.4 Å². The molecule has 4 heterocycles. The lowest BCUT2D eigenvalue weighted by atomic mass is 10.1. The van der Waals surface area contributed by atoms with Crippen molar-refractivity contribution in [3.8, 4) is 0 Å². The molecule has 8 nitrogen and oxygen atoms in total. The van der Waals surface area contributed by atoms with Crippen molar-refractivity contribution in [1.29, 1.82) is 0 Å². The highest BCUT2D eigenvalue weighted by Crippen LogP contribution is 2.36. The molecule has 1 aromatic carbocycles. The summed E-state index contributed by atoms with van der Waals surface area (Å²) in [6.07, 6.45) is 3.45. The van der Waals surface area contributed by atoms with E-state index in [0.717, 1.165) is 29.7 Å². The Balaban J connectivity index is 1.48. The van der Waals surface area contributed by atoms with Crippen LogP contribution in [0.15, 0.2) is 53.5 Å². The zero-order valence-corrected chi connectivity index (χ0v) is 18.7. The second-order valence-corrected chi connectivity index (χ2v) is 8.64. The fraction of sp³-hybridized carbons (Fsp3) is 0.320. The van der Waals surface area contributed by atoms with Crippen LogP contribution in [0.2, 0.25) is 0 Å². The largest absolute Gasteiger partial charge is 0.328 e. The molecule has 8 heteroatoms. The van der Waals surface area contributed by atoms with Gasteiger partial charge in [-0.3, -0.25) is 19.3 Å². The number of aryl methyl sites for hydroxylation is 2. The standard InChI is InChI=1S/C25H25N5O3/c1-16-19-13-22(32)30(14-17-7-4-3-5-8-17)24(19)27-23(26-16)20-9-6-12-29(20)25(33)18-10-11-21(31)28(2)15-18/h3-5,7-8,10-11,15,20H,6,9,12-14H2,1-2H3/t20-/m1/s1. The molecule has 0 radical (unpaired) electrons. The Bertz CT molecular complexity index is 1300. The van der Waals surface area contributed by atoms with E-state index in [1.54, 1.807) is 29.1 Å². The molecule has 2 aliphatic rings. The van der Waals surface area contributed by atoms with Gasteiger partial charge in [0.15, 0.2) is 5.82 Å². The third-order valence-electron chi connectivity index (χ3n) is 6.42. The topological polar surface area (TPSA) is 88.4 Å². The second kappa shape index (κ2) is 8.27. The molecular weight excluding hydrogens is 418 g/mol. The highest BCUT2D eigenvalue weighted by Gasteiger charge is 2.36. The lowest BCUT2D eigenvalue weighted by molar-refractivity contribution is -0.117. The fourth-order valence-electron chi connectivity index (χ4n) is 4.64. The van der Waals surface area contributed by atoms with Gasteiger partial charge < -0.3 is 9.47 Å². The van der Waals surface area contributed by atoms with Gasteiger partial charge in [-0.25, -0.2) is 9.97 Å². The summed E-state index contributed by atoms with van der Waals surface area (Å²) in [5.41, 5.74) is 2.96. The molecule has 3 aromatic rings. The molecule has 5 rings (SSSR count). The molecule has 0 bridgehead atoms. The number of carbonyl (C=O) groups is 2. The van der Waals surface area contributed by atoms with Crippen LogP contribution >= 0.6 is 0 Å². The third kappa shape index (κ3) is 3.82. The highest BCUT2D eigenvalue weighted by molar-refractivity contribution is 6.00. The first-order valence-corrected chi connectivity index (χ1v) is 11.1. The Morgan fingerprint density at radius 3 is 2.64 bits per heavy atom.